The third-order valence-electron chi connectivity index (χ3n) is 1.39. The Balaban J connectivity index is 3.52. The summed E-state index contributed by atoms with van der Waals surface area (Å²) in [5, 5.41) is 0. The van der Waals surface area contributed by atoms with E-state index in [1.165, 1.54) is 0 Å². The summed E-state index contributed by atoms with van der Waals surface area (Å²) in [4.78, 5) is 3.11. The van der Waals surface area contributed by atoms with E-state index in [-0.39, 0.29) is 8.17 Å². The van der Waals surface area contributed by atoms with Crippen LogP contribution in [0.4, 0.5) is 8.78 Å². The van der Waals surface area contributed by atoms with E-state index in [4.69, 9.17) is 10.7 Å². The zero-order valence-corrected chi connectivity index (χ0v) is 12.0. The van der Waals surface area contributed by atoms with Gasteiger partial charge in [0.25, 0.3) is 15.5 Å². The highest BCUT2D eigenvalue weighted by atomic mass is 127. The largest absolute Gasteiger partial charge is 0.280 e. The summed E-state index contributed by atoms with van der Waals surface area (Å²) in [6.07, 6.45) is -2.84. The minimum atomic E-state index is -4.06. The number of nitrogens with zero attached hydrogens (tertiary/aromatic N) is 1. The van der Waals surface area contributed by atoms with E-state index in [2.05, 4.69) is 20.9 Å². The van der Waals surface area contributed by atoms with Gasteiger partial charge in [-0.2, -0.15) is 0 Å². The van der Waals surface area contributed by atoms with Crippen LogP contribution in [0.25, 0.3) is 0 Å². The molecule has 0 saturated carbocycles. The molecule has 0 amide bonds. The van der Waals surface area contributed by atoms with E-state index in [1.807, 2.05) is 0 Å². The predicted molar refractivity (Wildman–Crippen MR) is 62.6 cm³/mol. The molecule has 84 valence electrons. The van der Waals surface area contributed by atoms with Gasteiger partial charge >= 0.3 is 0 Å². The Kier molecular flexibility index (Phi) is 4.29. The molecule has 1 aromatic rings. The fourth-order valence-corrected chi connectivity index (χ4v) is 3.59. The molecule has 0 aliphatic rings. The zero-order valence-electron chi connectivity index (χ0n) is 6.72. The lowest BCUT2D eigenvalue weighted by molar-refractivity contribution is 0.145. The molecule has 1 rings (SSSR count). The number of alkyl halides is 2. The SMILES string of the molecule is O=S(=O)(Cl)c1cc(C(F)F)nc(I)c1Br. The lowest BCUT2D eigenvalue weighted by Crippen LogP contribution is -2.01. The Morgan fingerprint density at radius 2 is 2.07 bits per heavy atom. The summed E-state index contributed by atoms with van der Waals surface area (Å²) in [5.41, 5.74) is -0.623. The Morgan fingerprint density at radius 3 is 2.47 bits per heavy atom. The first-order valence-electron chi connectivity index (χ1n) is 3.32. The summed E-state index contributed by atoms with van der Waals surface area (Å²) in [7, 11) is 1.01. The highest BCUT2D eigenvalue weighted by molar-refractivity contribution is 14.1. The predicted octanol–water partition coefficient (Wildman–Crippen LogP) is 3.31. The molecule has 0 bridgehead atoms. The maximum Gasteiger partial charge on any atom is 0.280 e. The standard InChI is InChI=1S/C6H2BrClF2INO2S/c7-4-3(15(8,13)14)1-2(5(9)10)12-6(4)11/h1,5H. The lowest BCUT2D eigenvalue weighted by Gasteiger charge is -2.05. The molecule has 0 N–H and O–H groups in total. The Labute approximate surface area is 111 Å². The number of aromatic nitrogens is 1. The van der Waals surface area contributed by atoms with Crippen LogP contribution in [0.3, 0.4) is 0 Å². The zero-order chi connectivity index (χ0) is 11.8. The molecule has 0 spiro atoms. The van der Waals surface area contributed by atoms with Gasteiger partial charge in [-0.05, 0) is 44.6 Å². The van der Waals surface area contributed by atoms with Crippen molar-refractivity contribution in [2.75, 3.05) is 0 Å². The van der Waals surface area contributed by atoms with Crippen LogP contribution in [-0.2, 0) is 9.05 Å². The van der Waals surface area contributed by atoms with E-state index >= 15 is 0 Å². The van der Waals surface area contributed by atoms with Crippen molar-refractivity contribution in [2.45, 2.75) is 11.3 Å². The highest BCUT2D eigenvalue weighted by Crippen LogP contribution is 2.31. The van der Waals surface area contributed by atoms with Crippen LogP contribution < -0.4 is 0 Å². The minimum Gasteiger partial charge on any atom is -0.240 e. The maximum absolute atomic E-state index is 12.3. The summed E-state index contributed by atoms with van der Waals surface area (Å²) < 4.78 is 46.9. The smallest absolute Gasteiger partial charge is 0.240 e. The monoisotopic (exact) mass is 431 g/mol. The van der Waals surface area contributed by atoms with Crippen LogP contribution in [-0.4, -0.2) is 13.4 Å². The lowest BCUT2D eigenvalue weighted by atomic mass is 10.4. The van der Waals surface area contributed by atoms with E-state index in [1.54, 1.807) is 22.6 Å². The average molecular weight is 432 g/mol. The van der Waals surface area contributed by atoms with Crippen molar-refractivity contribution in [3.05, 3.63) is 19.9 Å². The molecule has 15 heavy (non-hydrogen) atoms. The van der Waals surface area contributed by atoms with Gasteiger partial charge in [-0.1, -0.05) is 0 Å². The van der Waals surface area contributed by atoms with Gasteiger partial charge in [0, 0.05) is 10.7 Å². The Bertz CT molecular complexity index is 496. The first-order valence-corrected chi connectivity index (χ1v) is 7.50. The van der Waals surface area contributed by atoms with Gasteiger partial charge in [0.15, 0.2) is 0 Å². The molecule has 1 aromatic heterocycles. The van der Waals surface area contributed by atoms with Crippen LogP contribution in [0.1, 0.15) is 12.1 Å². The summed E-state index contributed by atoms with van der Waals surface area (Å²) in [6, 6.07) is 0.749. The van der Waals surface area contributed by atoms with E-state index in [0.717, 1.165) is 6.07 Å². The molecule has 0 aliphatic carbocycles. The summed E-state index contributed by atoms with van der Waals surface area (Å²) >= 11 is 4.56. The van der Waals surface area contributed by atoms with Gasteiger partial charge in [0.05, 0.1) is 4.47 Å². The van der Waals surface area contributed by atoms with Gasteiger partial charge in [0.1, 0.15) is 14.3 Å². The van der Waals surface area contributed by atoms with Crippen molar-refractivity contribution in [1.82, 2.24) is 4.98 Å². The van der Waals surface area contributed by atoms with Crippen molar-refractivity contribution in [2.24, 2.45) is 0 Å². The summed E-state index contributed by atoms with van der Waals surface area (Å²) in [6.45, 7) is 0. The molecule has 0 unspecified atom stereocenters. The van der Waals surface area contributed by atoms with Crippen molar-refractivity contribution in [3.8, 4) is 0 Å². The van der Waals surface area contributed by atoms with Crippen LogP contribution in [0.5, 0.6) is 0 Å². The van der Waals surface area contributed by atoms with Gasteiger partial charge < -0.3 is 0 Å². The molecule has 0 fully saturated rings. The fraction of sp³-hybridized carbons (Fsp3) is 0.167. The van der Waals surface area contributed by atoms with E-state index < -0.39 is 26.1 Å². The second kappa shape index (κ2) is 4.76. The quantitative estimate of drug-likeness (QED) is 0.409. The van der Waals surface area contributed by atoms with Crippen LogP contribution in [0.2, 0.25) is 0 Å². The number of halogens is 5. The van der Waals surface area contributed by atoms with Gasteiger partial charge in [-0.25, -0.2) is 22.2 Å². The van der Waals surface area contributed by atoms with Gasteiger partial charge in [-0.15, -0.1) is 0 Å². The Hall–Kier alpha value is 0.460. The molecule has 0 aromatic carbocycles. The second-order valence-corrected chi connectivity index (χ2v) is 6.74. The first-order chi connectivity index (χ1) is 6.73. The average Bonchev–Trinajstić information content (AvgIpc) is 2.06. The molecule has 0 saturated heterocycles. The normalized spacial score (nSPS) is 12.1. The molecule has 3 nitrogen and oxygen atoms in total. The molecule has 9 heteroatoms. The number of pyridine rings is 1. The molecule has 0 aliphatic heterocycles. The third-order valence-corrected chi connectivity index (χ3v) is 5.32. The van der Waals surface area contributed by atoms with Crippen molar-refractivity contribution >= 4 is 58.3 Å². The third kappa shape index (κ3) is 3.21. The fourth-order valence-electron chi connectivity index (χ4n) is 0.783. The maximum atomic E-state index is 12.3. The van der Waals surface area contributed by atoms with Crippen LogP contribution in [0, 0.1) is 3.70 Å². The Morgan fingerprint density at radius 1 is 1.53 bits per heavy atom. The number of hydrogen-bond acceptors (Lipinski definition) is 3. The van der Waals surface area contributed by atoms with Gasteiger partial charge in [0.2, 0.25) is 0 Å². The first kappa shape index (κ1) is 13.5. The van der Waals surface area contributed by atoms with E-state index in [0.29, 0.717) is 0 Å². The molecule has 1 heterocycles. The van der Waals surface area contributed by atoms with Crippen LogP contribution in [0.15, 0.2) is 15.4 Å². The molecule has 0 radical (unpaired) electrons. The number of rotatable bonds is 2. The molecular weight excluding hydrogens is 430 g/mol. The van der Waals surface area contributed by atoms with Crippen LogP contribution >= 0.6 is 49.2 Å². The van der Waals surface area contributed by atoms with Gasteiger partial charge in [-0.3, -0.25) is 0 Å². The van der Waals surface area contributed by atoms with Crippen molar-refractivity contribution in [3.63, 3.8) is 0 Å². The highest BCUT2D eigenvalue weighted by Gasteiger charge is 2.21. The molecular formula is C6H2BrClF2INO2S. The second-order valence-electron chi connectivity index (χ2n) is 2.39. The molecule has 0 atom stereocenters. The topological polar surface area (TPSA) is 47.0 Å². The van der Waals surface area contributed by atoms with Crippen molar-refractivity contribution < 1.29 is 17.2 Å². The van der Waals surface area contributed by atoms with Crippen molar-refractivity contribution in [1.29, 1.82) is 0 Å². The summed E-state index contributed by atoms with van der Waals surface area (Å²) in [5.74, 6) is 0. The van der Waals surface area contributed by atoms with E-state index in [9.17, 15) is 17.2 Å². The number of hydrogen-bond donors (Lipinski definition) is 0. The minimum absolute atomic E-state index is 0.0856.